The molecule has 7 aromatic rings. The lowest BCUT2D eigenvalue weighted by atomic mass is 9.33. The molecule has 0 fully saturated rings. The Hall–Kier alpha value is -5.80. The van der Waals surface area contributed by atoms with E-state index in [1.54, 1.807) is 0 Å². The number of hydrogen-bond donors (Lipinski definition) is 0. The van der Waals surface area contributed by atoms with E-state index in [1.807, 2.05) is 0 Å². The van der Waals surface area contributed by atoms with E-state index < -0.39 is 0 Å². The molecule has 0 saturated carbocycles. The molecule has 7 aromatic carbocycles. The zero-order chi connectivity index (χ0) is 45.2. The predicted molar refractivity (Wildman–Crippen MR) is 278 cm³/mol. The SMILES string of the molecule is Cc1cc2c3c(c1)N(c1ccc(C(C)(C)C)cc1-c1ccccc1)c1cc4c(cc1B3c1cc(-c3ccc(C(C)(C)C)cc3)ccc1N2c1ccc(C(C)(C)C)cc1C)CC(C)(C)C4. The van der Waals surface area contributed by atoms with Gasteiger partial charge in [-0.05, 0) is 163 Å². The van der Waals surface area contributed by atoms with Crippen LogP contribution in [-0.2, 0) is 29.1 Å². The fourth-order valence-corrected chi connectivity index (χ4v) is 11.0. The van der Waals surface area contributed by atoms with Gasteiger partial charge in [-0.1, -0.05) is 167 Å². The van der Waals surface area contributed by atoms with Crippen molar-refractivity contribution in [3.8, 4) is 22.3 Å². The van der Waals surface area contributed by atoms with Crippen LogP contribution in [0.3, 0.4) is 0 Å². The topological polar surface area (TPSA) is 6.48 Å². The van der Waals surface area contributed by atoms with Gasteiger partial charge < -0.3 is 9.80 Å². The third-order valence-electron chi connectivity index (χ3n) is 14.4. The van der Waals surface area contributed by atoms with E-state index in [2.05, 4.69) is 233 Å². The number of hydrogen-bond acceptors (Lipinski definition) is 2. The second-order valence-electron chi connectivity index (χ2n) is 23.2. The van der Waals surface area contributed by atoms with Crippen LogP contribution in [0.5, 0.6) is 0 Å². The third kappa shape index (κ3) is 7.11. The lowest BCUT2D eigenvalue weighted by Crippen LogP contribution is -2.61. The molecule has 0 atom stereocenters. The Balaban J connectivity index is 1.30. The standard InChI is InChI=1S/C61H65BN2/c1-38-29-55-57-56(30-38)64(52-28-25-47(60(9,10)11)35-48(52)41-17-15-14-16-18-41)54-34-44-37-61(12,13)36-43(44)33-50(54)62(57)49-32-42(40-19-22-45(23-20-40)58(3,4)5)21-26-53(49)63(55)51-27-24-46(31-39(51)2)59(6,7)8/h14-35H,36-37H2,1-13H3. The van der Waals surface area contributed by atoms with Gasteiger partial charge >= 0.3 is 0 Å². The van der Waals surface area contributed by atoms with Crippen LogP contribution >= 0.6 is 0 Å². The molecule has 64 heavy (non-hydrogen) atoms. The second kappa shape index (κ2) is 14.6. The highest BCUT2D eigenvalue weighted by atomic mass is 15.2. The summed E-state index contributed by atoms with van der Waals surface area (Å²) in [5, 5.41) is 0. The molecule has 0 radical (unpaired) electrons. The number of aryl methyl sites for hydroxylation is 2. The zero-order valence-electron chi connectivity index (χ0n) is 40.6. The predicted octanol–water partition coefficient (Wildman–Crippen LogP) is 14.7. The summed E-state index contributed by atoms with van der Waals surface area (Å²) in [6.45, 7) is 30.3. The monoisotopic (exact) mass is 837 g/mol. The van der Waals surface area contributed by atoms with Crippen molar-refractivity contribution in [2.75, 3.05) is 9.80 Å². The van der Waals surface area contributed by atoms with Crippen molar-refractivity contribution in [2.45, 2.75) is 119 Å². The summed E-state index contributed by atoms with van der Waals surface area (Å²) < 4.78 is 0. The van der Waals surface area contributed by atoms with Crippen LogP contribution in [0.4, 0.5) is 34.1 Å². The molecule has 0 bridgehead atoms. The van der Waals surface area contributed by atoms with E-state index in [1.165, 1.54) is 112 Å². The first-order chi connectivity index (χ1) is 30.2. The molecule has 1 aliphatic carbocycles. The van der Waals surface area contributed by atoms with Gasteiger partial charge in [-0.25, -0.2) is 0 Å². The van der Waals surface area contributed by atoms with Gasteiger partial charge in [-0.15, -0.1) is 0 Å². The summed E-state index contributed by atoms with van der Waals surface area (Å²) in [7, 11) is 0. The maximum atomic E-state index is 2.66. The largest absolute Gasteiger partial charge is 0.311 e. The highest BCUT2D eigenvalue weighted by Crippen LogP contribution is 2.50. The van der Waals surface area contributed by atoms with E-state index in [0.29, 0.717) is 0 Å². The Kier molecular flexibility index (Phi) is 9.63. The Morgan fingerprint density at radius 3 is 1.56 bits per heavy atom. The molecule has 10 rings (SSSR count). The average Bonchev–Trinajstić information content (AvgIpc) is 3.54. The van der Waals surface area contributed by atoms with Gasteiger partial charge in [-0.3, -0.25) is 0 Å². The molecular weight excluding hydrogens is 771 g/mol. The lowest BCUT2D eigenvalue weighted by Gasteiger charge is -2.45. The minimum Gasteiger partial charge on any atom is -0.311 e. The summed E-state index contributed by atoms with van der Waals surface area (Å²) in [5.41, 5.74) is 26.6. The third-order valence-corrected chi connectivity index (χ3v) is 14.4. The van der Waals surface area contributed by atoms with Crippen molar-refractivity contribution < 1.29 is 0 Å². The fraction of sp³-hybridized carbons (Fsp3) is 0.311. The fourth-order valence-electron chi connectivity index (χ4n) is 11.0. The van der Waals surface area contributed by atoms with Crippen molar-refractivity contribution in [2.24, 2.45) is 5.41 Å². The van der Waals surface area contributed by atoms with E-state index in [9.17, 15) is 0 Å². The van der Waals surface area contributed by atoms with Crippen LogP contribution in [0.1, 0.15) is 115 Å². The first-order valence-corrected chi connectivity index (χ1v) is 23.6. The molecule has 2 heterocycles. The minimum atomic E-state index is -0.00273. The molecule has 3 heteroatoms. The van der Waals surface area contributed by atoms with Crippen molar-refractivity contribution in [3.63, 3.8) is 0 Å². The van der Waals surface area contributed by atoms with E-state index >= 15 is 0 Å². The van der Waals surface area contributed by atoms with Crippen LogP contribution < -0.4 is 26.2 Å². The van der Waals surface area contributed by atoms with Crippen LogP contribution in [0, 0.1) is 19.3 Å². The average molecular weight is 837 g/mol. The summed E-state index contributed by atoms with van der Waals surface area (Å²) >= 11 is 0. The summed E-state index contributed by atoms with van der Waals surface area (Å²) in [6.07, 6.45) is 2.17. The second-order valence-corrected chi connectivity index (χ2v) is 23.2. The Bertz CT molecular complexity index is 2990. The molecule has 0 amide bonds. The van der Waals surface area contributed by atoms with Crippen molar-refractivity contribution in [1.29, 1.82) is 0 Å². The Morgan fingerprint density at radius 2 is 0.953 bits per heavy atom. The molecule has 2 nitrogen and oxygen atoms in total. The molecule has 0 spiro atoms. The van der Waals surface area contributed by atoms with Gasteiger partial charge in [0.25, 0.3) is 6.71 Å². The van der Waals surface area contributed by atoms with Crippen molar-refractivity contribution in [1.82, 2.24) is 0 Å². The first-order valence-electron chi connectivity index (χ1n) is 23.6. The van der Waals surface area contributed by atoms with E-state index in [0.717, 1.165) is 12.8 Å². The van der Waals surface area contributed by atoms with Gasteiger partial charge in [0, 0.05) is 34.0 Å². The van der Waals surface area contributed by atoms with Crippen molar-refractivity contribution in [3.05, 3.63) is 172 Å². The summed E-state index contributed by atoms with van der Waals surface area (Å²) in [6, 6.07) is 52.3. The van der Waals surface area contributed by atoms with Gasteiger partial charge in [0.2, 0.25) is 0 Å². The summed E-state index contributed by atoms with van der Waals surface area (Å²) in [4.78, 5) is 5.26. The number of benzene rings is 7. The zero-order valence-corrected chi connectivity index (χ0v) is 40.6. The molecule has 0 N–H and O–H groups in total. The molecule has 322 valence electrons. The summed E-state index contributed by atoms with van der Waals surface area (Å²) in [5.74, 6) is 0. The normalized spacial score (nSPS) is 15.2. The highest BCUT2D eigenvalue weighted by molar-refractivity contribution is 7.00. The van der Waals surface area contributed by atoms with Crippen LogP contribution in [0.2, 0.25) is 0 Å². The van der Waals surface area contributed by atoms with Gasteiger partial charge in [-0.2, -0.15) is 0 Å². The molecule has 0 unspecified atom stereocenters. The molecular formula is C61H65BN2. The van der Waals surface area contributed by atoms with Crippen LogP contribution in [0.25, 0.3) is 22.3 Å². The van der Waals surface area contributed by atoms with Crippen LogP contribution in [-0.4, -0.2) is 6.71 Å². The number of nitrogens with zero attached hydrogens (tertiary/aromatic N) is 2. The molecule has 0 saturated heterocycles. The number of anilines is 6. The van der Waals surface area contributed by atoms with Crippen molar-refractivity contribution >= 4 is 57.2 Å². The molecule has 3 aliphatic rings. The molecule has 0 aromatic heterocycles. The molecule has 2 aliphatic heterocycles. The maximum Gasteiger partial charge on any atom is 0.252 e. The minimum absolute atomic E-state index is 0.00273. The Morgan fingerprint density at radius 1 is 0.438 bits per heavy atom. The smallest absolute Gasteiger partial charge is 0.252 e. The van der Waals surface area contributed by atoms with E-state index in [4.69, 9.17) is 0 Å². The van der Waals surface area contributed by atoms with Gasteiger partial charge in [0.15, 0.2) is 0 Å². The van der Waals surface area contributed by atoms with Gasteiger partial charge in [0.1, 0.15) is 0 Å². The van der Waals surface area contributed by atoms with Crippen LogP contribution in [0.15, 0.2) is 133 Å². The van der Waals surface area contributed by atoms with Gasteiger partial charge in [0.05, 0.1) is 5.69 Å². The highest BCUT2D eigenvalue weighted by Gasteiger charge is 2.45. The quantitative estimate of drug-likeness (QED) is 0.163. The van der Waals surface area contributed by atoms with E-state index in [-0.39, 0.29) is 28.4 Å². The lowest BCUT2D eigenvalue weighted by molar-refractivity contribution is 0.392. The maximum absolute atomic E-state index is 2.66. The Labute approximate surface area is 384 Å². The number of rotatable bonds is 4. The number of fused-ring (bicyclic) bond motifs is 5. The first kappa shape index (κ1) is 42.2.